The highest BCUT2D eigenvalue weighted by molar-refractivity contribution is 4.71. The summed E-state index contributed by atoms with van der Waals surface area (Å²) in [5.41, 5.74) is 0.353. The van der Waals surface area contributed by atoms with Gasteiger partial charge in [0.05, 0.1) is 0 Å². The highest BCUT2D eigenvalue weighted by atomic mass is 16.5. The zero-order valence-corrected chi connectivity index (χ0v) is 11.2. The molecular formula is C13H29NO. The Morgan fingerprint density at radius 1 is 1.27 bits per heavy atom. The number of rotatable bonds is 9. The smallest absolute Gasteiger partial charge is 0.0488 e. The summed E-state index contributed by atoms with van der Waals surface area (Å²) in [5.74, 6) is 0.645. The average molecular weight is 215 g/mol. The van der Waals surface area contributed by atoms with Gasteiger partial charge < -0.3 is 10.1 Å². The molecule has 0 aliphatic rings. The summed E-state index contributed by atoms with van der Waals surface area (Å²) >= 11 is 0. The Morgan fingerprint density at radius 3 is 2.47 bits per heavy atom. The third-order valence-electron chi connectivity index (χ3n) is 2.40. The van der Waals surface area contributed by atoms with Gasteiger partial charge in [0.2, 0.25) is 0 Å². The summed E-state index contributed by atoms with van der Waals surface area (Å²) in [6.45, 7) is 15.2. The summed E-state index contributed by atoms with van der Waals surface area (Å²) in [7, 11) is 0. The predicted octanol–water partition coefficient (Wildman–Crippen LogP) is 3.07. The summed E-state index contributed by atoms with van der Waals surface area (Å²) in [4.78, 5) is 0. The molecule has 0 bridgehead atoms. The van der Waals surface area contributed by atoms with E-state index >= 15 is 0 Å². The molecule has 0 aliphatic heterocycles. The Morgan fingerprint density at radius 2 is 1.93 bits per heavy atom. The minimum absolute atomic E-state index is 0.353. The summed E-state index contributed by atoms with van der Waals surface area (Å²) in [6.07, 6.45) is 2.34. The molecule has 0 unspecified atom stereocenters. The van der Waals surface area contributed by atoms with Crippen molar-refractivity contribution in [3.05, 3.63) is 0 Å². The van der Waals surface area contributed by atoms with Gasteiger partial charge in [-0.15, -0.1) is 0 Å². The lowest BCUT2D eigenvalue weighted by atomic mass is 9.90. The Kier molecular flexibility index (Phi) is 8.07. The van der Waals surface area contributed by atoms with Crippen molar-refractivity contribution in [2.24, 2.45) is 11.3 Å². The first-order chi connectivity index (χ1) is 6.98. The van der Waals surface area contributed by atoms with Crippen molar-refractivity contribution in [2.45, 2.75) is 47.5 Å². The third kappa shape index (κ3) is 10.2. The van der Waals surface area contributed by atoms with Crippen molar-refractivity contribution in [1.82, 2.24) is 5.32 Å². The molecule has 0 atom stereocenters. The molecule has 0 aromatic rings. The molecule has 0 radical (unpaired) electrons. The molecule has 92 valence electrons. The van der Waals surface area contributed by atoms with E-state index < -0.39 is 0 Å². The number of nitrogens with one attached hydrogen (secondary N) is 1. The molecule has 0 heterocycles. The molecular weight excluding hydrogens is 186 g/mol. The van der Waals surface area contributed by atoms with E-state index in [9.17, 15) is 0 Å². The molecule has 1 N–H and O–H groups in total. The second-order valence-electron chi connectivity index (χ2n) is 5.56. The van der Waals surface area contributed by atoms with Crippen molar-refractivity contribution >= 4 is 0 Å². The molecule has 0 spiro atoms. The molecule has 0 aromatic heterocycles. The van der Waals surface area contributed by atoms with Crippen LogP contribution in [0.15, 0.2) is 0 Å². The fraction of sp³-hybridized carbons (Fsp3) is 1.00. The Labute approximate surface area is 95.8 Å². The van der Waals surface area contributed by atoms with Crippen LogP contribution in [0.3, 0.4) is 0 Å². The summed E-state index contributed by atoms with van der Waals surface area (Å²) in [5, 5.41) is 3.47. The third-order valence-corrected chi connectivity index (χ3v) is 2.40. The highest BCUT2D eigenvalue weighted by Crippen LogP contribution is 2.18. The fourth-order valence-electron chi connectivity index (χ4n) is 1.36. The lowest BCUT2D eigenvalue weighted by Crippen LogP contribution is -2.31. The van der Waals surface area contributed by atoms with Gasteiger partial charge in [0.15, 0.2) is 0 Å². The van der Waals surface area contributed by atoms with E-state index in [1.54, 1.807) is 0 Å². The largest absolute Gasteiger partial charge is 0.381 e. The number of hydrogen-bond donors (Lipinski definition) is 1. The second-order valence-corrected chi connectivity index (χ2v) is 5.56. The Hall–Kier alpha value is -0.0800. The first kappa shape index (κ1) is 14.9. The maximum absolute atomic E-state index is 5.61. The molecule has 2 heteroatoms. The number of ether oxygens (including phenoxy) is 1. The van der Waals surface area contributed by atoms with E-state index in [0.29, 0.717) is 11.3 Å². The second kappa shape index (κ2) is 8.12. The first-order valence-corrected chi connectivity index (χ1v) is 6.26. The molecule has 0 saturated heterocycles. The van der Waals surface area contributed by atoms with Crippen molar-refractivity contribution < 1.29 is 4.74 Å². The Balaban J connectivity index is 3.46. The van der Waals surface area contributed by atoms with Gasteiger partial charge in [-0.25, -0.2) is 0 Å². The van der Waals surface area contributed by atoms with Crippen LogP contribution in [-0.4, -0.2) is 26.3 Å². The standard InChI is InChI=1S/C13H29NO/c1-6-8-14-11-13(4,5)7-9-15-10-12(2)3/h12,14H,6-11H2,1-5H3. The van der Waals surface area contributed by atoms with E-state index in [-0.39, 0.29) is 0 Å². The summed E-state index contributed by atoms with van der Waals surface area (Å²) in [6, 6.07) is 0. The van der Waals surface area contributed by atoms with Crippen molar-refractivity contribution in [1.29, 1.82) is 0 Å². The SMILES string of the molecule is CCCNCC(C)(C)CCOCC(C)C. The van der Waals surface area contributed by atoms with Gasteiger partial charge in [-0.2, -0.15) is 0 Å². The minimum atomic E-state index is 0.353. The maximum atomic E-state index is 5.61. The van der Waals surface area contributed by atoms with Crippen LogP contribution in [0, 0.1) is 11.3 Å². The van der Waals surface area contributed by atoms with Gasteiger partial charge in [-0.1, -0.05) is 34.6 Å². The van der Waals surface area contributed by atoms with E-state index in [2.05, 4.69) is 39.9 Å². The van der Waals surface area contributed by atoms with Crippen molar-refractivity contribution in [2.75, 3.05) is 26.3 Å². The van der Waals surface area contributed by atoms with E-state index in [1.165, 1.54) is 6.42 Å². The lowest BCUT2D eigenvalue weighted by Gasteiger charge is -2.25. The molecule has 0 fully saturated rings. The zero-order valence-electron chi connectivity index (χ0n) is 11.2. The number of hydrogen-bond acceptors (Lipinski definition) is 2. The zero-order chi connectivity index (χ0) is 11.7. The van der Waals surface area contributed by atoms with Crippen LogP contribution in [-0.2, 0) is 4.74 Å². The molecule has 0 aliphatic carbocycles. The maximum Gasteiger partial charge on any atom is 0.0488 e. The fourth-order valence-corrected chi connectivity index (χ4v) is 1.36. The van der Waals surface area contributed by atoms with Gasteiger partial charge >= 0.3 is 0 Å². The van der Waals surface area contributed by atoms with Gasteiger partial charge in [-0.3, -0.25) is 0 Å². The van der Waals surface area contributed by atoms with Gasteiger partial charge in [0, 0.05) is 19.8 Å². The van der Waals surface area contributed by atoms with Gasteiger partial charge in [-0.05, 0) is 30.7 Å². The van der Waals surface area contributed by atoms with Crippen molar-refractivity contribution in [3.8, 4) is 0 Å². The van der Waals surface area contributed by atoms with Crippen LogP contribution in [0.2, 0.25) is 0 Å². The van der Waals surface area contributed by atoms with E-state index in [4.69, 9.17) is 4.74 Å². The lowest BCUT2D eigenvalue weighted by molar-refractivity contribution is 0.0844. The van der Waals surface area contributed by atoms with Crippen LogP contribution in [0.4, 0.5) is 0 Å². The molecule has 0 amide bonds. The molecule has 2 nitrogen and oxygen atoms in total. The van der Waals surface area contributed by atoms with Crippen LogP contribution in [0.5, 0.6) is 0 Å². The molecule has 0 rings (SSSR count). The van der Waals surface area contributed by atoms with E-state index in [0.717, 1.165) is 32.7 Å². The molecule has 15 heavy (non-hydrogen) atoms. The Bertz CT molecular complexity index is 143. The van der Waals surface area contributed by atoms with Crippen LogP contribution in [0.25, 0.3) is 0 Å². The predicted molar refractivity (Wildman–Crippen MR) is 67.2 cm³/mol. The molecule has 0 saturated carbocycles. The monoisotopic (exact) mass is 215 g/mol. The molecule has 0 aromatic carbocycles. The van der Waals surface area contributed by atoms with Crippen LogP contribution in [0.1, 0.15) is 47.5 Å². The van der Waals surface area contributed by atoms with Crippen LogP contribution >= 0.6 is 0 Å². The summed E-state index contributed by atoms with van der Waals surface area (Å²) < 4.78 is 5.61. The van der Waals surface area contributed by atoms with E-state index in [1.807, 2.05) is 0 Å². The highest BCUT2D eigenvalue weighted by Gasteiger charge is 2.16. The first-order valence-electron chi connectivity index (χ1n) is 6.26. The van der Waals surface area contributed by atoms with Gasteiger partial charge in [0.25, 0.3) is 0 Å². The topological polar surface area (TPSA) is 21.3 Å². The average Bonchev–Trinajstić information content (AvgIpc) is 2.13. The van der Waals surface area contributed by atoms with Crippen LogP contribution < -0.4 is 5.32 Å². The van der Waals surface area contributed by atoms with Crippen molar-refractivity contribution in [3.63, 3.8) is 0 Å². The quantitative estimate of drug-likeness (QED) is 0.597. The van der Waals surface area contributed by atoms with Gasteiger partial charge in [0.1, 0.15) is 0 Å². The normalized spacial score (nSPS) is 12.4. The minimum Gasteiger partial charge on any atom is -0.381 e.